The van der Waals surface area contributed by atoms with Crippen molar-refractivity contribution in [2.45, 2.75) is 78.9 Å². The summed E-state index contributed by atoms with van der Waals surface area (Å²) in [6.07, 6.45) is 3.84. The molecule has 6 heteroatoms. The molecule has 0 aromatic rings. The number of aliphatic hydroxyl groups excluding tert-OH is 1. The second-order valence-electron chi connectivity index (χ2n) is 10.9. The number of aliphatic hydroxyl groups is 1. The molecule has 0 aromatic carbocycles. The van der Waals surface area contributed by atoms with E-state index in [2.05, 4.69) is 34.6 Å². The molecule has 150 valence electrons. The van der Waals surface area contributed by atoms with Gasteiger partial charge in [0, 0.05) is 0 Å². The lowest BCUT2D eigenvalue weighted by Crippen LogP contribution is -2.55. The fourth-order valence-corrected chi connectivity index (χ4v) is 8.08. The molecule has 0 aliphatic heterocycles. The molecule has 9 atom stereocenters. The molecule has 2 N–H and O–H groups in total. The summed E-state index contributed by atoms with van der Waals surface area (Å²) in [4.78, 5) is 0. The van der Waals surface area contributed by atoms with E-state index in [4.69, 9.17) is 4.18 Å². The van der Waals surface area contributed by atoms with Gasteiger partial charge in [-0.05, 0) is 77.9 Å². The van der Waals surface area contributed by atoms with Crippen LogP contribution >= 0.6 is 0 Å². The van der Waals surface area contributed by atoms with Crippen molar-refractivity contribution in [2.24, 2.45) is 45.8 Å². The Morgan fingerprint density at radius 1 is 1.04 bits per heavy atom. The minimum Gasteiger partial charge on any atom is -0.393 e. The van der Waals surface area contributed by atoms with Crippen LogP contribution in [0.5, 0.6) is 0 Å². The van der Waals surface area contributed by atoms with Gasteiger partial charge in [0.1, 0.15) is 0 Å². The standard InChI is InChI=1S/C20H34O5S/c1-11(2)12-8-15(25-26(22,23)24)19(4)7-6-18(3)10-14(21)20(5)9-13(20)17(18)16(12)19/h11-17,21H,6-10H2,1-5H3,(H,22,23,24)/t12?,13-,14+,15+,16+,17+,18-,19-,20-/m0/s1. The summed E-state index contributed by atoms with van der Waals surface area (Å²) in [7, 11) is -4.45. The third-order valence-electron chi connectivity index (χ3n) is 9.17. The molecular weight excluding hydrogens is 352 g/mol. The minimum absolute atomic E-state index is 0.0337. The Hall–Kier alpha value is -0.170. The first-order valence-electron chi connectivity index (χ1n) is 10.2. The summed E-state index contributed by atoms with van der Waals surface area (Å²) in [6, 6.07) is 0. The lowest BCUT2D eigenvalue weighted by molar-refractivity contribution is -0.133. The quantitative estimate of drug-likeness (QED) is 0.723. The summed E-state index contributed by atoms with van der Waals surface area (Å²) in [5.74, 6) is 2.22. The highest BCUT2D eigenvalue weighted by atomic mass is 32.3. The van der Waals surface area contributed by atoms with Gasteiger partial charge >= 0.3 is 10.4 Å². The van der Waals surface area contributed by atoms with Gasteiger partial charge in [0.15, 0.2) is 0 Å². The summed E-state index contributed by atoms with van der Waals surface area (Å²) in [5, 5.41) is 10.7. The second-order valence-corrected chi connectivity index (χ2v) is 12.0. The highest BCUT2D eigenvalue weighted by Crippen LogP contribution is 2.76. The van der Waals surface area contributed by atoms with Gasteiger partial charge in [-0.3, -0.25) is 4.55 Å². The molecule has 0 aromatic heterocycles. The lowest BCUT2D eigenvalue weighted by Gasteiger charge is -2.58. The molecule has 0 spiro atoms. The largest absolute Gasteiger partial charge is 0.397 e. The van der Waals surface area contributed by atoms with Crippen LogP contribution in [0.2, 0.25) is 0 Å². The predicted molar refractivity (Wildman–Crippen MR) is 98.6 cm³/mol. The van der Waals surface area contributed by atoms with E-state index in [1.165, 1.54) is 0 Å². The monoisotopic (exact) mass is 386 g/mol. The van der Waals surface area contributed by atoms with Gasteiger partial charge in [-0.25, -0.2) is 4.18 Å². The van der Waals surface area contributed by atoms with Crippen molar-refractivity contribution >= 4 is 10.4 Å². The van der Waals surface area contributed by atoms with E-state index in [1.807, 2.05) is 0 Å². The van der Waals surface area contributed by atoms with Crippen molar-refractivity contribution in [2.75, 3.05) is 0 Å². The Labute approximate surface area is 157 Å². The number of hydrogen-bond acceptors (Lipinski definition) is 4. The zero-order valence-corrected chi connectivity index (χ0v) is 17.4. The van der Waals surface area contributed by atoms with Gasteiger partial charge in [0.05, 0.1) is 12.2 Å². The highest BCUT2D eigenvalue weighted by Gasteiger charge is 2.73. The summed E-state index contributed by atoms with van der Waals surface area (Å²) in [6.45, 7) is 11.2. The predicted octanol–water partition coefficient (Wildman–Crippen LogP) is 3.68. The number of hydrogen-bond donors (Lipinski definition) is 2. The van der Waals surface area contributed by atoms with Crippen molar-refractivity contribution in [1.82, 2.24) is 0 Å². The van der Waals surface area contributed by atoms with Crippen molar-refractivity contribution in [3.63, 3.8) is 0 Å². The van der Waals surface area contributed by atoms with E-state index in [0.29, 0.717) is 36.0 Å². The molecule has 4 saturated carbocycles. The first kappa shape index (κ1) is 19.2. The van der Waals surface area contributed by atoms with Gasteiger partial charge in [-0.1, -0.05) is 34.6 Å². The van der Waals surface area contributed by atoms with Crippen molar-refractivity contribution < 1.29 is 22.3 Å². The summed E-state index contributed by atoms with van der Waals surface area (Å²) < 4.78 is 37.6. The minimum atomic E-state index is -4.45. The first-order valence-corrected chi connectivity index (χ1v) is 11.5. The molecular formula is C20H34O5S. The highest BCUT2D eigenvalue weighted by molar-refractivity contribution is 7.80. The van der Waals surface area contributed by atoms with Crippen LogP contribution < -0.4 is 0 Å². The van der Waals surface area contributed by atoms with Gasteiger partial charge in [0.2, 0.25) is 0 Å². The van der Waals surface area contributed by atoms with Crippen LogP contribution in [-0.2, 0) is 14.6 Å². The maximum absolute atomic E-state index is 11.5. The van der Waals surface area contributed by atoms with Gasteiger partial charge < -0.3 is 5.11 Å². The summed E-state index contributed by atoms with van der Waals surface area (Å²) >= 11 is 0. The van der Waals surface area contributed by atoms with Crippen LogP contribution in [0, 0.1) is 45.8 Å². The Bertz CT molecular complexity index is 705. The molecule has 4 aliphatic rings. The topological polar surface area (TPSA) is 83.8 Å². The molecule has 0 heterocycles. The molecule has 0 amide bonds. The zero-order valence-electron chi connectivity index (χ0n) is 16.6. The summed E-state index contributed by atoms with van der Waals surface area (Å²) in [5.41, 5.74) is -0.0863. The van der Waals surface area contributed by atoms with Crippen molar-refractivity contribution in [1.29, 1.82) is 0 Å². The molecule has 0 radical (unpaired) electrons. The SMILES string of the molecule is CC(C)C1C[C@@H](OS(=O)(=O)O)[C@]2(C)CC[C@@]3(C)C[C@@H](O)[C@@]4(C)C[C@H]4[C@@H]3[C@@H]12. The molecule has 4 rings (SSSR count). The molecule has 0 saturated heterocycles. The Morgan fingerprint density at radius 2 is 1.69 bits per heavy atom. The van der Waals surface area contributed by atoms with E-state index in [9.17, 15) is 18.1 Å². The van der Waals surface area contributed by atoms with E-state index in [0.717, 1.165) is 25.7 Å². The van der Waals surface area contributed by atoms with Crippen LogP contribution in [0.3, 0.4) is 0 Å². The van der Waals surface area contributed by atoms with E-state index in [1.54, 1.807) is 0 Å². The zero-order chi connectivity index (χ0) is 19.3. The van der Waals surface area contributed by atoms with Crippen LogP contribution in [0.1, 0.15) is 66.7 Å². The van der Waals surface area contributed by atoms with Crippen LogP contribution in [0.25, 0.3) is 0 Å². The first-order chi connectivity index (χ1) is 11.8. The number of fused-ring (bicyclic) bond motifs is 5. The second kappa shape index (κ2) is 5.46. The normalized spacial score (nSPS) is 56.0. The van der Waals surface area contributed by atoms with Gasteiger partial charge in [-0.2, -0.15) is 8.42 Å². The Kier molecular flexibility index (Phi) is 4.02. The average molecular weight is 387 g/mol. The number of rotatable bonds is 3. The third kappa shape index (κ3) is 2.55. The fraction of sp³-hybridized carbons (Fsp3) is 1.00. The van der Waals surface area contributed by atoms with E-state index >= 15 is 0 Å². The van der Waals surface area contributed by atoms with Gasteiger partial charge in [-0.15, -0.1) is 0 Å². The van der Waals surface area contributed by atoms with Crippen LogP contribution in [0.15, 0.2) is 0 Å². The maximum Gasteiger partial charge on any atom is 0.397 e. The smallest absolute Gasteiger partial charge is 0.393 e. The van der Waals surface area contributed by atoms with Crippen molar-refractivity contribution in [3.05, 3.63) is 0 Å². The molecule has 0 bridgehead atoms. The fourth-order valence-electron chi connectivity index (χ4n) is 7.49. The van der Waals surface area contributed by atoms with Crippen molar-refractivity contribution in [3.8, 4) is 0 Å². The van der Waals surface area contributed by atoms with Crippen LogP contribution in [-0.4, -0.2) is 30.3 Å². The molecule has 4 fully saturated rings. The maximum atomic E-state index is 11.5. The average Bonchev–Trinajstić information content (AvgIpc) is 3.09. The van der Waals surface area contributed by atoms with E-state index in [-0.39, 0.29) is 22.3 Å². The molecule has 26 heavy (non-hydrogen) atoms. The molecule has 1 unspecified atom stereocenters. The van der Waals surface area contributed by atoms with E-state index < -0.39 is 16.5 Å². The lowest BCUT2D eigenvalue weighted by atomic mass is 9.47. The molecule has 5 nitrogen and oxygen atoms in total. The molecule has 4 aliphatic carbocycles. The third-order valence-corrected chi connectivity index (χ3v) is 9.64. The Balaban J connectivity index is 1.75. The Morgan fingerprint density at radius 3 is 2.27 bits per heavy atom. The van der Waals surface area contributed by atoms with Crippen LogP contribution in [0.4, 0.5) is 0 Å². The van der Waals surface area contributed by atoms with Gasteiger partial charge in [0.25, 0.3) is 0 Å².